The van der Waals surface area contributed by atoms with E-state index in [2.05, 4.69) is 47.8 Å². The highest BCUT2D eigenvalue weighted by Crippen LogP contribution is 2.31. The molecular formula is C23H31N7O2. The maximum atomic E-state index is 5.64. The van der Waals surface area contributed by atoms with Crippen LogP contribution in [0, 0.1) is 0 Å². The Kier molecular flexibility index (Phi) is 7.39. The van der Waals surface area contributed by atoms with Crippen molar-refractivity contribution in [3.63, 3.8) is 0 Å². The lowest BCUT2D eigenvalue weighted by Crippen LogP contribution is -2.43. The molecule has 1 atom stereocenters. The van der Waals surface area contributed by atoms with Crippen molar-refractivity contribution in [2.75, 3.05) is 40.3 Å². The fraction of sp³-hybridized carbons (Fsp3) is 0.435. The molecule has 9 heteroatoms. The van der Waals surface area contributed by atoms with E-state index in [1.54, 1.807) is 20.4 Å². The number of H-pyrrole nitrogens is 1. The molecule has 1 unspecified atom stereocenters. The van der Waals surface area contributed by atoms with Gasteiger partial charge in [-0.25, -0.2) is 4.98 Å². The van der Waals surface area contributed by atoms with Crippen LogP contribution < -0.4 is 15.4 Å². The van der Waals surface area contributed by atoms with Crippen LogP contribution >= 0.6 is 0 Å². The van der Waals surface area contributed by atoms with Crippen LogP contribution in [-0.4, -0.2) is 66.4 Å². The van der Waals surface area contributed by atoms with Crippen LogP contribution in [0.15, 0.2) is 52.1 Å². The SMILES string of the molecule is CN=C(NCCc1nc(-c2ccco2)n[nH]1)NCC(c1ccccc1OC)N1CCCC1. The van der Waals surface area contributed by atoms with E-state index in [0.717, 1.165) is 37.2 Å². The largest absolute Gasteiger partial charge is 0.496 e. The molecule has 1 aliphatic rings. The molecule has 1 saturated heterocycles. The van der Waals surface area contributed by atoms with E-state index in [9.17, 15) is 0 Å². The summed E-state index contributed by atoms with van der Waals surface area (Å²) in [7, 11) is 3.52. The molecular weight excluding hydrogens is 406 g/mol. The average Bonchev–Trinajstić information content (AvgIpc) is 3.61. The van der Waals surface area contributed by atoms with E-state index < -0.39 is 0 Å². The van der Waals surface area contributed by atoms with Gasteiger partial charge in [-0.1, -0.05) is 18.2 Å². The van der Waals surface area contributed by atoms with Gasteiger partial charge in [-0.05, 0) is 44.1 Å². The summed E-state index contributed by atoms with van der Waals surface area (Å²) in [6, 6.07) is 12.1. The topological polar surface area (TPSA) is 104 Å². The molecule has 3 aromatic rings. The lowest BCUT2D eigenvalue weighted by Gasteiger charge is -2.30. The third-order valence-electron chi connectivity index (χ3n) is 5.69. The van der Waals surface area contributed by atoms with Gasteiger partial charge >= 0.3 is 0 Å². The lowest BCUT2D eigenvalue weighted by molar-refractivity contribution is 0.239. The molecule has 1 aromatic carbocycles. The standard InChI is InChI=1S/C23H31N7O2/c1-24-23(25-12-11-21-27-22(29-28-21)20-10-7-15-32-20)26-16-18(30-13-5-6-14-30)17-8-3-4-9-19(17)31-2/h3-4,7-10,15,18H,5-6,11-14,16H2,1-2H3,(H2,24,25,26)(H,27,28,29). The van der Waals surface area contributed by atoms with E-state index >= 15 is 0 Å². The van der Waals surface area contributed by atoms with Crippen molar-refractivity contribution in [1.29, 1.82) is 0 Å². The number of nitrogens with one attached hydrogen (secondary N) is 3. The van der Waals surface area contributed by atoms with Gasteiger partial charge in [-0.2, -0.15) is 5.10 Å². The number of para-hydroxylation sites is 1. The first-order valence-corrected chi connectivity index (χ1v) is 11.0. The third-order valence-corrected chi connectivity index (χ3v) is 5.69. The molecule has 0 aliphatic carbocycles. The minimum atomic E-state index is 0.220. The normalized spacial score (nSPS) is 15.6. The van der Waals surface area contributed by atoms with Gasteiger partial charge in [0.05, 0.1) is 19.4 Å². The molecule has 2 aromatic heterocycles. The van der Waals surface area contributed by atoms with Crippen LogP contribution in [-0.2, 0) is 6.42 Å². The Balaban J connectivity index is 1.33. The summed E-state index contributed by atoms with van der Waals surface area (Å²) in [6.07, 6.45) is 4.77. The first-order valence-electron chi connectivity index (χ1n) is 11.0. The highest BCUT2D eigenvalue weighted by molar-refractivity contribution is 5.79. The number of guanidine groups is 1. The number of methoxy groups -OCH3 is 1. The number of aliphatic imine (C=N–C) groups is 1. The molecule has 0 saturated carbocycles. The summed E-state index contributed by atoms with van der Waals surface area (Å²) < 4.78 is 11.0. The molecule has 1 fully saturated rings. The maximum Gasteiger partial charge on any atom is 0.216 e. The predicted octanol–water partition coefficient (Wildman–Crippen LogP) is 2.62. The van der Waals surface area contributed by atoms with Crippen LogP contribution in [0.3, 0.4) is 0 Å². The predicted molar refractivity (Wildman–Crippen MR) is 124 cm³/mol. The van der Waals surface area contributed by atoms with E-state index in [4.69, 9.17) is 9.15 Å². The minimum Gasteiger partial charge on any atom is -0.496 e. The fourth-order valence-corrected chi connectivity index (χ4v) is 4.07. The van der Waals surface area contributed by atoms with Crippen molar-refractivity contribution in [3.05, 3.63) is 54.0 Å². The molecule has 3 heterocycles. The van der Waals surface area contributed by atoms with Crippen LogP contribution in [0.5, 0.6) is 5.75 Å². The lowest BCUT2D eigenvalue weighted by atomic mass is 10.0. The first kappa shape index (κ1) is 21.9. The van der Waals surface area contributed by atoms with Crippen molar-refractivity contribution >= 4 is 5.96 Å². The third kappa shape index (κ3) is 5.28. The Bertz CT molecular complexity index is 993. The van der Waals surface area contributed by atoms with Gasteiger partial charge in [0.15, 0.2) is 11.7 Å². The second-order valence-corrected chi connectivity index (χ2v) is 7.71. The Hall–Kier alpha value is -3.33. The summed E-state index contributed by atoms with van der Waals surface area (Å²) in [4.78, 5) is 11.4. The molecule has 0 bridgehead atoms. The van der Waals surface area contributed by atoms with Gasteiger partial charge in [0.1, 0.15) is 11.6 Å². The highest BCUT2D eigenvalue weighted by atomic mass is 16.5. The molecule has 1 aliphatic heterocycles. The number of benzene rings is 1. The number of likely N-dealkylation sites (tertiary alicyclic amines) is 1. The van der Waals surface area contributed by atoms with Crippen molar-refractivity contribution in [2.45, 2.75) is 25.3 Å². The summed E-state index contributed by atoms with van der Waals surface area (Å²) >= 11 is 0. The van der Waals surface area contributed by atoms with Crippen LogP contribution in [0.1, 0.15) is 30.3 Å². The van der Waals surface area contributed by atoms with Gasteiger partial charge in [0.2, 0.25) is 5.82 Å². The smallest absolute Gasteiger partial charge is 0.216 e. The zero-order chi connectivity index (χ0) is 22.2. The number of hydrogen-bond acceptors (Lipinski definition) is 6. The number of furan rings is 1. The van der Waals surface area contributed by atoms with E-state index in [-0.39, 0.29) is 6.04 Å². The van der Waals surface area contributed by atoms with Crippen LogP contribution in [0.4, 0.5) is 0 Å². The number of aromatic nitrogens is 3. The summed E-state index contributed by atoms with van der Waals surface area (Å²) in [6.45, 7) is 3.61. The molecule has 4 rings (SSSR count). The first-order chi connectivity index (χ1) is 15.8. The van der Waals surface area contributed by atoms with Gasteiger partial charge in [-0.3, -0.25) is 15.0 Å². The zero-order valence-corrected chi connectivity index (χ0v) is 18.7. The van der Waals surface area contributed by atoms with Gasteiger partial charge in [-0.15, -0.1) is 0 Å². The summed E-state index contributed by atoms with van der Waals surface area (Å²) in [5, 5.41) is 14.0. The number of nitrogens with zero attached hydrogens (tertiary/aromatic N) is 4. The Morgan fingerprint density at radius 1 is 1.22 bits per heavy atom. The van der Waals surface area contributed by atoms with Gasteiger partial charge < -0.3 is 19.8 Å². The molecule has 0 amide bonds. The molecule has 170 valence electrons. The molecule has 0 spiro atoms. The number of rotatable bonds is 9. The molecule has 32 heavy (non-hydrogen) atoms. The highest BCUT2D eigenvalue weighted by Gasteiger charge is 2.26. The Morgan fingerprint density at radius 2 is 2.06 bits per heavy atom. The molecule has 3 N–H and O–H groups in total. The summed E-state index contributed by atoms with van der Waals surface area (Å²) in [5.74, 6) is 3.70. The number of aromatic amines is 1. The van der Waals surface area contributed by atoms with E-state index in [1.165, 1.54) is 18.4 Å². The van der Waals surface area contributed by atoms with Crippen LogP contribution in [0.2, 0.25) is 0 Å². The van der Waals surface area contributed by atoms with Crippen molar-refractivity contribution in [2.24, 2.45) is 4.99 Å². The van der Waals surface area contributed by atoms with Crippen LogP contribution in [0.25, 0.3) is 11.6 Å². The second kappa shape index (κ2) is 10.8. The molecule has 0 radical (unpaired) electrons. The van der Waals surface area contributed by atoms with Gasteiger partial charge in [0, 0.05) is 32.1 Å². The average molecular weight is 438 g/mol. The monoisotopic (exact) mass is 437 g/mol. The Labute approximate surface area is 188 Å². The zero-order valence-electron chi connectivity index (χ0n) is 18.7. The van der Waals surface area contributed by atoms with E-state index in [1.807, 2.05) is 24.3 Å². The maximum absolute atomic E-state index is 5.64. The quantitative estimate of drug-likeness (QED) is 0.349. The Morgan fingerprint density at radius 3 is 2.81 bits per heavy atom. The minimum absolute atomic E-state index is 0.220. The van der Waals surface area contributed by atoms with Gasteiger partial charge in [0.25, 0.3) is 0 Å². The number of hydrogen-bond donors (Lipinski definition) is 3. The fourth-order valence-electron chi connectivity index (χ4n) is 4.07. The molecule has 9 nitrogen and oxygen atoms in total. The second-order valence-electron chi connectivity index (χ2n) is 7.71. The summed E-state index contributed by atoms with van der Waals surface area (Å²) in [5.41, 5.74) is 1.20. The van der Waals surface area contributed by atoms with E-state index in [0.29, 0.717) is 24.6 Å². The number of ether oxygens (including phenoxy) is 1. The van der Waals surface area contributed by atoms with Crippen molar-refractivity contribution in [1.82, 2.24) is 30.7 Å². The van der Waals surface area contributed by atoms with Crippen molar-refractivity contribution < 1.29 is 9.15 Å². The van der Waals surface area contributed by atoms with Crippen molar-refractivity contribution in [3.8, 4) is 17.3 Å².